The molecule has 0 aromatic carbocycles. The summed E-state index contributed by atoms with van der Waals surface area (Å²) >= 11 is 0. The molecule has 0 spiro atoms. The minimum absolute atomic E-state index is 0.222. The molecule has 2 rings (SSSR count). The van der Waals surface area contributed by atoms with Crippen LogP contribution in [0, 0.1) is 5.92 Å². The number of nitrogens with zero attached hydrogens (tertiary/aromatic N) is 2. The van der Waals surface area contributed by atoms with Crippen molar-refractivity contribution in [1.82, 2.24) is 9.80 Å². The van der Waals surface area contributed by atoms with Crippen molar-refractivity contribution in [3.8, 4) is 0 Å². The lowest BCUT2D eigenvalue weighted by molar-refractivity contribution is 0.129. The highest BCUT2D eigenvalue weighted by Gasteiger charge is 2.35. The maximum absolute atomic E-state index is 12.3. The van der Waals surface area contributed by atoms with Gasteiger partial charge in [0.15, 0.2) is 0 Å². The number of piperidine rings is 1. The van der Waals surface area contributed by atoms with Crippen LogP contribution < -0.4 is 5.73 Å². The van der Waals surface area contributed by atoms with Gasteiger partial charge < -0.3 is 15.5 Å². The van der Waals surface area contributed by atoms with Gasteiger partial charge in [-0.15, -0.1) is 0 Å². The van der Waals surface area contributed by atoms with Crippen molar-refractivity contribution >= 4 is 6.03 Å². The maximum atomic E-state index is 12.3. The molecule has 2 N–H and O–H groups in total. The molecule has 1 saturated carbocycles. The number of likely N-dealkylation sites (tertiary alicyclic amines) is 1. The van der Waals surface area contributed by atoms with Gasteiger partial charge in [-0.1, -0.05) is 6.92 Å². The van der Waals surface area contributed by atoms with Crippen LogP contribution in [0.25, 0.3) is 0 Å². The van der Waals surface area contributed by atoms with E-state index in [1.54, 1.807) is 0 Å². The molecule has 1 aliphatic heterocycles. The van der Waals surface area contributed by atoms with E-state index in [1.807, 2.05) is 9.80 Å². The molecule has 0 aromatic heterocycles. The number of urea groups is 1. The molecule has 0 bridgehead atoms. The summed E-state index contributed by atoms with van der Waals surface area (Å²) in [5, 5.41) is 0. The molecule has 0 aromatic rings. The molecule has 1 atom stereocenters. The highest BCUT2D eigenvalue weighted by Crippen LogP contribution is 2.28. The Balaban J connectivity index is 1.92. The second-order valence-electron chi connectivity index (χ2n) is 5.19. The van der Waals surface area contributed by atoms with Gasteiger partial charge in [-0.2, -0.15) is 0 Å². The van der Waals surface area contributed by atoms with Crippen molar-refractivity contribution in [2.24, 2.45) is 11.7 Å². The molecule has 2 fully saturated rings. The van der Waals surface area contributed by atoms with Crippen LogP contribution in [0.1, 0.15) is 32.6 Å². The van der Waals surface area contributed by atoms with Crippen molar-refractivity contribution in [2.75, 3.05) is 26.2 Å². The van der Waals surface area contributed by atoms with Gasteiger partial charge in [0.2, 0.25) is 0 Å². The van der Waals surface area contributed by atoms with Crippen molar-refractivity contribution in [3.63, 3.8) is 0 Å². The van der Waals surface area contributed by atoms with Gasteiger partial charge in [-0.05, 0) is 31.6 Å². The van der Waals surface area contributed by atoms with Gasteiger partial charge in [0.25, 0.3) is 0 Å². The topological polar surface area (TPSA) is 49.6 Å². The summed E-state index contributed by atoms with van der Waals surface area (Å²) < 4.78 is 0. The van der Waals surface area contributed by atoms with E-state index in [-0.39, 0.29) is 6.03 Å². The largest absolute Gasteiger partial charge is 0.329 e. The first-order valence-corrected chi connectivity index (χ1v) is 6.48. The fourth-order valence-electron chi connectivity index (χ4n) is 2.50. The van der Waals surface area contributed by atoms with E-state index >= 15 is 0 Å². The molecule has 92 valence electrons. The van der Waals surface area contributed by atoms with Crippen LogP contribution in [-0.4, -0.2) is 48.1 Å². The fourth-order valence-corrected chi connectivity index (χ4v) is 2.50. The average molecular weight is 225 g/mol. The summed E-state index contributed by atoms with van der Waals surface area (Å²) in [7, 11) is 0. The molecule has 4 heteroatoms. The zero-order chi connectivity index (χ0) is 11.5. The number of nitrogens with two attached hydrogens (primary N) is 1. The molecule has 2 amide bonds. The number of hydrogen-bond donors (Lipinski definition) is 1. The molecule has 16 heavy (non-hydrogen) atoms. The van der Waals surface area contributed by atoms with Gasteiger partial charge in [0.1, 0.15) is 0 Å². The second-order valence-corrected chi connectivity index (χ2v) is 5.19. The van der Waals surface area contributed by atoms with E-state index in [4.69, 9.17) is 5.73 Å². The van der Waals surface area contributed by atoms with Gasteiger partial charge >= 0.3 is 6.03 Å². The van der Waals surface area contributed by atoms with Crippen molar-refractivity contribution in [2.45, 2.75) is 38.6 Å². The predicted octanol–water partition coefficient (Wildman–Crippen LogP) is 1.26. The first kappa shape index (κ1) is 11.7. The predicted molar refractivity (Wildman–Crippen MR) is 64.1 cm³/mol. The lowest BCUT2D eigenvalue weighted by atomic mass is 10.0. The average Bonchev–Trinajstić information content (AvgIpc) is 3.09. The summed E-state index contributed by atoms with van der Waals surface area (Å²) in [6.07, 6.45) is 4.72. The normalized spacial score (nSPS) is 25.6. The SMILES string of the molecule is CC1CCCN(C(=O)N(CCN)C2CC2)C1. The Hall–Kier alpha value is -0.770. The minimum Gasteiger partial charge on any atom is -0.329 e. The Bertz CT molecular complexity index is 253. The van der Waals surface area contributed by atoms with Crippen molar-refractivity contribution in [1.29, 1.82) is 0 Å². The van der Waals surface area contributed by atoms with Crippen LogP contribution in [0.4, 0.5) is 4.79 Å². The second kappa shape index (κ2) is 5.04. The molecule has 4 nitrogen and oxygen atoms in total. The zero-order valence-corrected chi connectivity index (χ0v) is 10.2. The Morgan fingerprint density at radius 3 is 2.75 bits per heavy atom. The molecule has 1 aliphatic carbocycles. The van der Waals surface area contributed by atoms with Crippen molar-refractivity contribution < 1.29 is 4.79 Å². The summed E-state index contributed by atoms with van der Waals surface area (Å²) in [6, 6.07) is 0.702. The number of amides is 2. The third-order valence-electron chi connectivity index (χ3n) is 3.53. The lowest BCUT2D eigenvalue weighted by Gasteiger charge is -2.35. The van der Waals surface area contributed by atoms with E-state index in [0.717, 1.165) is 32.4 Å². The number of carbonyl (C=O) groups excluding carboxylic acids is 1. The summed E-state index contributed by atoms with van der Waals surface area (Å²) in [4.78, 5) is 16.3. The van der Waals surface area contributed by atoms with E-state index < -0.39 is 0 Å². The summed E-state index contributed by atoms with van der Waals surface area (Å²) in [5.74, 6) is 0.650. The molecule has 1 heterocycles. The summed E-state index contributed by atoms with van der Waals surface area (Å²) in [6.45, 7) is 5.37. The minimum atomic E-state index is 0.222. The van der Waals surface area contributed by atoms with E-state index in [1.165, 1.54) is 6.42 Å². The molecule has 0 radical (unpaired) electrons. The Morgan fingerprint density at radius 2 is 2.19 bits per heavy atom. The van der Waals surface area contributed by atoms with Crippen molar-refractivity contribution in [3.05, 3.63) is 0 Å². The zero-order valence-electron chi connectivity index (χ0n) is 10.2. The van der Waals surface area contributed by atoms with Gasteiger partial charge in [-0.25, -0.2) is 4.79 Å². The highest BCUT2D eigenvalue weighted by atomic mass is 16.2. The van der Waals surface area contributed by atoms with Crippen LogP contribution in [0.2, 0.25) is 0 Å². The van der Waals surface area contributed by atoms with E-state index in [2.05, 4.69) is 6.92 Å². The molecular formula is C12H23N3O. The van der Waals surface area contributed by atoms with Gasteiger partial charge in [-0.3, -0.25) is 0 Å². The first-order chi connectivity index (χ1) is 7.72. The first-order valence-electron chi connectivity index (χ1n) is 6.48. The standard InChI is InChI=1S/C12H23N3O/c1-10-3-2-7-14(9-10)12(16)15(8-6-13)11-4-5-11/h10-11H,2-9,13H2,1H3. The third-order valence-corrected chi connectivity index (χ3v) is 3.53. The summed E-state index contributed by atoms with van der Waals surface area (Å²) in [5.41, 5.74) is 5.58. The molecule has 2 aliphatic rings. The smallest absolute Gasteiger partial charge is 0.320 e. The van der Waals surface area contributed by atoms with Gasteiger partial charge in [0.05, 0.1) is 0 Å². The third kappa shape index (κ3) is 2.67. The van der Waals surface area contributed by atoms with E-state index in [0.29, 0.717) is 25.0 Å². The van der Waals surface area contributed by atoms with Crippen LogP contribution in [0.5, 0.6) is 0 Å². The maximum Gasteiger partial charge on any atom is 0.320 e. The fraction of sp³-hybridized carbons (Fsp3) is 0.917. The van der Waals surface area contributed by atoms with Gasteiger partial charge in [0, 0.05) is 32.2 Å². The van der Waals surface area contributed by atoms with Crippen LogP contribution in [0.3, 0.4) is 0 Å². The van der Waals surface area contributed by atoms with Crippen LogP contribution >= 0.6 is 0 Å². The lowest BCUT2D eigenvalue weighted by Crippen LogP contribution is -2.49. The number of rotatable bonds is 3. The number of carbonyl (C=O) groups is 1. The molecule has 1 saturated heterocycles. The van der Waals surface area contributed by atoms with Crippen LogP contribution in [-0.2, 0) is 0 Å². The highest BCUT2D eigenvalue weighted by molar-refractivity contribution is 5.75. The Morgan fingerprint density at radius 1 is 1.44 bits per heavy atom. The van der Waals surface area contributed by atoms with Crippen LogP contribution in [0.15, 0.2) is 0 Å². The Labute approximate surface area is 97.8 Å². The molecule has 1 unspecified atom stereocenters. The van der Waals surface area contributed by atoms with E-state index in [9.17, 15) is 4.79 Å². The molecular weight excluding hydrogens is 202 g/mol. The monoisotopic (exact) mass is 225 g/mol. The Kier molecular flexibility index (Phi) is 3.69. The number of hydrogen-bond acceptors (Lipinski definition) is 2. The quantitative estimate of drug-likeness (QED) is 0.786.